The fourth-order valence-electron chi connectivity index (χ4n) is 2.93. The van der Waals surface area contributed by atoms with E-state index in [4.69, 9.17) is 9.63 Å². The zero-order chi connectivity index (χ0) is 17.5. The summed E-state index contributed by atoms with van der Waals surface area (Å²) < 4.78 is 6.03. The van der Waals surface area contributed by atoms with Crippen molar-refractivity contribution in [3.05, 3.63) is 34.6 Å². The van der Waals surface area contributed by atoms with E-state index < -0.39 is 23.2 Å². The minimum Gasteiger partial charge on any atom is -0.481 e. The van der Waals surface area contributed by atoms with E-state index in [1.54, 1.807) is 13.8 Å². The van der Waals surface area contributed by atoms with E-state index in [0.29, 0.717) is 5.82 Å². The molecule has 24 heavy (non-hydrogen) atoms. The first-order chi connectivity index (χ1) is 11.3. The van der Waals surface area contributed by atoms with Crippen molar-refractivity contribution in [3.63, 3.8) is 0 Å². The second-order valence-corrected chi connectivity index (χ2v) is 7.27. The Hall–Kier alpha value is -2.22. The highest BCUT2D eigenvalue weighted by atomic mass is 79.9. The van der Waals surface area contributed by atoms with E-state index in [1.165, 1.54) is 0 Å². The highest BCUT2D eigenvalue weighted by Gasteiger charge is 2.65. The minimum absolute atomic E-state index is 0.0682. The molecule has 1 fully saturated rings. The zero-order valence-corrected chi connectivity index (χ0v) is 14.7. The van der Waals surface area contributed by atoms with Crippen molar-refractivity contribution < 1.29 is 19.2 Å². The van der Waals surface area contributed by atoms with Gasteiger partial charge in [-0.25, -0.2) is 0 Å². The van der Waals surface area contributed by atoms with Gasteiger partial charge in [0, 0.05) is 10.0 Å². The van der Waals surface area contributed by atoms with Gasteiger partial charge in [0.15, 0.2) is 0 Å². The third-order valence-electron chi connectivity index (χ3n) is 4.34. The summed E-state index contributed by atoms with van der Waals surface area (Å²) in [5.41, 5.74) is 0.256. The van der Waals surface area contributed by atoms with E-state index in [0.717, 1.165) is 10.0 Å². The van der Waals surface area contributed by atoms with Crippen LogP contribution in [0.2, 0.25) is 0 Å². The van der Waals surface area contributed by atoms with Gasteiger partial charge in [0.05, 0.1) is 18.4 Å². The van der Waals surface area contributed by atoms with Gasteiger partial charge >= 0.3 is 5.97 Å². The summed E-state index contributed by atoms with van der Waals surface area (Å²) in [6.45, 7) is 3.61. The number of amides is 1. The molecule has 1 aromatic carbocycles. The van der Waals surface area contributed by atoms with Crippen LogP contribution in [0.5, 0.6) is 0 Å². The number of hydrogen-bond acceptors (Lipinski definition) is 5. The molecule has 1 saturated carbocycles. The second kappa shape index (κ2) is 6.01. The molecule has 0 unspecified atom stereocenters. The Balaban J connectivity index is 1.62. The smallest absolute Gasteiger partial charge is 0.307 e. The number of benzene rings is 1. The molecule has 2 N–H and O–H groups in total. The average molecular weight is 394 g/mol. The molecular formula is C16H16BrN3O4. The second-order valence-electron chi connectivity index (χ2n) is 6.35. The maximum atomic E-state index is 12.2. The fourth-order valence-corrected chi connectivity index (χ4v) is 3.33. The van der Waals surface area contributed by atoms with Gasteiger partial charge in [-0.3, -0.25) is 9.59 Å². The van der Waals surface area contributed by atoms with E-state index in [2.05, 4.69) is 31.4 Å². The molecule has 7 nitrogen and oxygen atoms in total. The molecule has 1 heterocycles. The first-order valence-corrected chi connectivity index (χ1v) is 8.19. The lowest BCUT2D eigenvalue weighted by Gasteiger charge is -2.02. The first kappa shape index (κ1) is 16.6. The SMILES string of the molecule is CC1(C)[C@H](C(=O)O)[C@@H]1C(=O)NCc1nc(-c2cccc(Br)c2)no1. The van der Waals surface area contributed by atoms with Gasteiger partial charge in [-0.1, -0.05) is 47.1 Å². The number of rotatable bonds is 5. The molecule has 0 radical (unpaired) electrons. The van der Waals surface area contributed by atoms with Crippen molar-refractivity contribution in [2.24, 2.45) is 17.3 Å². The van der Waals surface area contributed by atoms with Crippen LogP contribution >= 0.6 is 15.9 Å². The molecule has 2 aromatic rings. The van der Waals surface area contributed by atoms with Crippen molar-refractivity contribution in [1.82, 2.24) is 15.5 Å². The highest BCUT2D eigenvalue weighted by molar-refractivity contribution is 9.10. The largest absolute Gasteiger partial charge is 0.481 e. The Morgan fingerprint density at radius 1 is 1.38 bits per heavy atom. The lowest BCUT2D eigenvalue weighted by molar-refractivity contribution is -0.140. The Labute approximate surface area is 146 Å². The molecule has 1 aromatic heterocycles. The fraction of sp³-hybridized carbons (Fsp3) is 0.375. The summed E-state index contributed by atoms with van der Waals surface area (Å²) >= 11 is 3.38. The van der Waals surface area contributed by atoms with Crippen molar-refractivity contribution >= 4 is 27.8 Å². The zero-order valence-electron chi connectivity index (χ0n) is 13.1. The highest BCUT2D eigenvalue weighted by Crippen LogP contribution is 2.58. The Morgan fingerprint density at radius 2 is 2.12 bits per heavy atom. The number of halogens is 1. The van der Waals surface area contributed by atoms with Crippen molar-refractivity contribution in [1.29, 1.82) is 0 Å². The van der Waals surface area contributed by atoms with Gasteiger partial charge in [0.1, 0.15) is 0 Å². The van der Waals surface area contributed by atoms with Crippen LogP contribution in [-0.4, -0.2) is 27.1 Å². The van der Waals surface area contributed by atoms with E-state index in [9.17, 15) is 9.59 Å². The number of carboxylic acid groups (broad SMARTS) is 1. The van der Waals surface area contributed by atoms with Gasteiger partial charge in [0.2, 0.25) is 17.6 Å². The number of aromatic nitrogens is 2. The average Bonchev–Trinajstić information content (AvgIpc) is 2.88. The summed E-state index contributed by atoms with van der Waals surface area (Å²) in [6, 6.07) is 7.46. The summed E-state index contributed by atoms with van der Waals surface area (Å²) in [5.74, 6) is -1.76. The quantitative estimate of drug-likeness (QED) is 0.807. The lowest BCUT2D eigenvalue weighted by Crippen LogP contribution is -2.27. The van der Waals surface area contributed by atoms with E-state index in [1.807, 2.05) is 24.3 Å². The van der Waals surface area contributed by atoms with Gasteiger partial charge in [-0.15, -0.1) is 0 Å². The topological polar surface area (TPSA) is 105 Å². The van der Waals surface area contributed by atoms with Crippen LogP contribution in [0.15, 0.2) is 33.3 Å². The van der Waals surface area contributed by atoms with Crippen LogP contribution in [0.3, 0.4) is 0 Å². The third kappa shape index (κ3) is 3.06. The predicted octanol–water partition coefficient (Wildman–Crippen LogP) is 2.47. The number of carboxylic acids is 1. The third-order valence-corrected chi connectivity index (χ3v) is 4.83. The molecule has 3 rings (SSSR count). The molecule has 2 atom stereocenters. The Morgan fingerprint density at radius 3 is 2.75 bits per heavy atom. The summed E-state index contributed by atoms with van der Waals surface area (Å²) in [7, 11) is 0. The lowest BCUT2D eigenvalue weighted by atomic mass is 10.1. The molecule has 0 bridgehead atoms. The molecule has 1 amide bonds. The first-order valence-electron chi connectivity index (χ1n) is 7.39. The maximum absolute atomic E-state index is 12.2. The van der Waals surface area contributed by atoms with Crippen LogP contribution in [0.1, 0.15) is 19.7 Å². The predicted molar refractivity (Wildman–Crippen MR) is 87.7 cm³/mol. The Kier molecular flexibility index (Phi) is 4.16. The van der Waals surface area contributed by atoms with E-state index in [-0.39, 0.29) is 18.3 Å². The number of nitrogens with zero attached hydrogens (tertiary/aromatic N) is 2. The monoisotopic (exact) mass is 393 g/mol. The minimum atomic E-state index is -0.949. The van der Waals surface area contributed by atoms with Crippen molar-refractivity contribution in [3.8, 4) is 11.4 Å². The molecular weight excluding hydrogens is 378 g/mol. The molecule has 1 aliphatic rings. The summed E-state index contributed by atoms with van der Waals surface area (Å²) in [5, 5.41) is 15.7. The normalized spacial score (nSPS) is 21.3. The van der Waals surface area contributed by atoms with Crippen LogP contribution < -0.4 is 5.32 Å². The summed E-state index contributed by atoms with van der Waals surface area (Å²) in [4.78, 5) is 27.5. The molecule has 0 spiro atoms. The number of aliphatic carboxylic acids is 1. The van der Waals surface area contributed by atoms with Crippen LogP contribution in [-0.2, 0) is 16.1 Å². The molecule has 0 aliphatic heterocycles. The van der Waals surface area contributed by atoms with Gasteiger partial charge in [0.25, 0.3) is 0 Å². The van der Waals surface area contributed by atoms with Crippen LogP contribution in [0.4, 0.5) is 0 Å². The van der Waals surface area contributed by atoms with E-state index >= 15 is 0 Å². The maximum Gasteiger partial charge on any atom is 0.307 e. The van der Waals surface area contributed by atoms with Crippen LogP contribution in [0.25, 0.3) is 11.4 Å². The number of nitrogens with one attached hydrogen (secondary N) is 1. The summed E-state index contributed by atoms with van der Waals surface area (Å²) in [6.07, 6.45) is 0. The number of carbonyl (C=O) groups excluding carboxylic acids is 1. The molecule has 126 valence electrons. The van der Waals surface area contributed by atoms with Crippen LogP contribution in [0, 0.1) is 17.3 Å². The van der Waals surface area contributed by atoms with Gasteiger partial charge < -0.3 is 14.9 Å². The van der Waals surface area contributed by atoms with Gasteiger partial charge in [-0.2, -0.15) is 4.98 Å². The standard InChI is InChI=1S/C16H16BrN3O4/c1-16(2)11(12(16)15(22)23)14(21)18-7-10-19-13(20-24-10)8-4-3-5-9(17)6-8/h3-6,11-12H,7H2,1-2H3,(H,18,21)(H,22,23)/t11-,12+/m1/s1. The number of carbonyl (C=O) groups is 2. The van der Waals surface area contributed by atoms with Crippen molar-refractivity contribution in [2.75, 3.05) is 0 Å². The van der Waals surface area contributed by atoms with Crippen molar-refractivity contribution in [2.45, 2.75) is 20.4 Å². The number of hydrogen-bond donors (Lipinski definition) is 2. The Bertz CT molecular complexity index is 802. The van der Waals surface area contributed by atoms with Gasteiger partial charge in [-0.05, 0) is 17.5 Å². The molecule has 1 aliphatic carbocycles. The molecule has 0 saturated heterocycles. The molecule has 8 heteroatoms.